The fourth-order valence-corrected chi connectivity index (χ4v) is 2.57. The molecule has 2 N–H and O–H groups in total. The molecule has 0 atom stereocenters. The molecule has 0 bridgehead atoms. The predicted octanol–water partition coefficient (Wildman–Crippen LogP) is 4.17. The number of ether oxygens (including phenoxy) is 1. The normalized spacial score (nSPS) is 12.9. The zero-order chi connectivity index (χ0) is 17.6. The van der Waals surface area contributed by atoms with Crippen LogP contribution in [0.2, 0.25) is 0 Å². The van der Waals surface area contributed by atoms with E-state index in [1.165, 1.54) is 57.8 Å². The average molecular weight is 331 g/mol. The van der Waals surface area contributed by atoms with E-state index in [2.05, 4.69) is 28.1 Å². The summed E-state index contributed by atoms with van der Waals surface area (Å²) < 4.78 is 6.18. The van der Waals surface area contributed by atoms with E-state index in [1.807, 2.05) is 6.20 Å². The molecule has 0 amide bonds. The molecule has 4 nitrogen and oxygen atoms in total. The number of aliphatic hydroxyl groups is 2. The minimum absolute atomic E-state index is 0.0520. The second-order valence-electron chi connectivity index (χ2n) is 7.44. The van der Waals surface area contributed by atoms with Gasteiger partial charge in [-0.1, -0.05) is 64.7 Å². The van der Waals surface area contributed by atoms with Gasteiger partial charge in [0.15, 0.2) is 6.29 Å². The molecule has 0 aromatic rings. The Bertz CT molecular complexity index is 295. The smallest absolute Gasteiger partial charge is 0.186 e. The van der Waals surface area contributed by atoms with E-state index in [0.717, 1.165) is 18.6 Å². The molecule has 0 rings (SSSR count). The zero-order valence-corrected chi connectivity index (χ0v) is 15.9. The highest BCUT2D eigenvalue weighted by molar-refractivity contribution is 4.87. The van der Waals surface area contributed by atoms with Crippen LogP contribution in [0.15, 0.2) is 12.0 Å². The van der Waals surface area contributed by atoms with Crippen LogP contribution in [0.25, 0.3) is 0 Å². The van der Waals surface area contributed by atoms with Gasteiger partial charge in [-0.05, 0) is 6.42 Å². The van der Waals surface area contributed by atoms with Crippen LogP contribution >= 0.6 is 0 Å². The second-order valence-corrected chi connectivity index (χ2v) is 7.44. The Hall–Kier alpha value is -0.580. The quantitative estimate of drug-likeness (QED) is 0.205. The average Bonchev–Trinajstić information content (AvgIpc) is 2.45. The number of hydrogen-bond donors (Lipinski definition) is 2. The Kier molecular flexibility index (Phi) is 13.5. The standard InChI is InChI=1S/C19H40NO3/c1-5-6-7-8-9-10-11-12-13-14-15-18(16-20(2,3)4)23-17-19(21)22/h16,19,21-22H,5-15,17H2,1-4H3/q+1. The second kappa shape index (κ2) is 13.8. The molecule has 0 aromatic carbocycles. The van der Waals surface area contributed by atoms with Gasteiger partial charge in [0.05, 0.1) is 21.1 Å². The number of quaternary nitrogens is 1. The Morgan fingerprint density at radius 1 is 0.870 bits per heavy atom. The summed E-state index contributed by atoms with van der Waals surface area (Å²) >= 11 is 0. The minimum Gasteiger partial charge on any atom is -0.487 e. The van der Waals surface area contributed by atoms with Crippen LogP contribution in [-0.2, 0) is 4.74 Å². The lowest BCUT2D eigenvalue weighted by molar-refractivity contribution is -0.818. The maximum absolute atomic E-state index is 8.94. The minimum atomic E-state index is -1.40. The van der Waals surface area contributed by atoms with E-state index in [0.29, 0.717) is 4.48 Å². The van der Waals surface area contributed by atoms with Crippen molar-refractivity contribution in [3.8, 4) is 0 Å². The molecule has 138 valence electrons. The fraction of sp³-hybridized carbons (Fsp3) is 0.895. The van der Waals surface area contributed by atoms with Gasteiger partial charge in [-0.15, -0.1) is 0 Å². The lowest BCUT2D eigenvalue weighted by Gasteiger charge is -2.20. The molecule has 0 saturated carbocycles. The van der Waals surface area contributed by atoms with Crippen molar-refractivity contribution in [2.75, 3.05) is 27.7 Å². The van der Waals surface area contributed by atoms with Gasteiger partial charge in [0, 0.05) is 6.42 Å². The third-order valence-corrected chi connectivity index (χ3v) is 3.73. The van der Waals surface area contributed by atoms with E-state index < -0.39 is 6.29 Å². The van der Waals surface area contributed by atoms with Gasteiger partial charge in [0.25, 0.3) is 0 Å². The molecule has 4 heteroatoms. The van der Waals surface area contributed by atoms with Crippen LogP contribution in [0.4, 0.5) is 0 Å². The summed E-state index contributed by atoms with van der Waals surface area (Å²) in [5, 5.41) is 17.9. The van der Waals surface area contributed by atoms with Crippen LogP contribution in [0.1, 0.15) is 77.6 Å². The Labute approximate surface area is 143 Å². The van der Waals surface area contributed by atoms with Gasteiger partial charge in [-0.2, -0.15) is 0 Å². The molecule has 0 saturated heterocycles. The summed E-state index contributed by atoms with van der Waals surface area (Å²) in [6.07, 6.45) is 14.7. The van der Waals surface area contributed by atoms with Crippen LogP contribution in [-0.4, -0.2) is 48.7 Å². The molecule has 0 unspecified atom stereocenters. The molecule has 0 aromatic heterocycles. The number of aliphatic hydroxyl groups excluding tert-OH is 1. The van der Waals surface area contributed by atoms with E-state index in [9.17, 15) is 0 Å². The zero-order valence-electron chi connectivity index (χ0n) is 15.9. The summed E-state index contributed by atoms with van der Waals surface area (Å²) in [6.45, 7) is 2.20. The molecular formula is C19H40NO3+. The SMILES string of the molecule is CCCCCCCCCCCCC(=C[N+](C)(C)C)OCC(O)O. The number of rotatable bonds is 15. The number of allylic oxidation sites excluding steroid dienone is 1. The number of hydrogen-bond acceptors (Lipinski definition) is 3. The highest BCUT2D eigenvalue weighted by Gasteiger charge is 2.10. The first-order valence-corrected chi connectivity index (χ1v) is 9.37. The van der Waals surface area contributed by atoms with Gasteiger partial charge in [0.1, 0.15) is 18.6 Å². The maximum Gasteiger partial charge on any atom is 0.186 e. The van der Waals surface area contributed by atoms with Gasteiger partial charge in [0.2, 0.25) is 0 Å². The van der Waals surface area contributed by atoms with Crippen molar-refractivity contribution in [2.45, 2.75) is 83.8 Å². The Morgan fingerprint density at radius 2 is 1.35 bits per heavy atom. The lowest BCUT2D eigenvalue weighted by atomic mass is 10.1. The number of unbranched alkanes of at least 4 members (excludes halogenated alkanes) is 9. The van der Waals surface area contributed by atoms with E-state index >= 15 is 0 Å². The summed E-state index contributed by atoms with van der Waals surface area (Å²) in [4.78, 5) is 0. The topological polar surface area (TPSA) is 49.7 Å². The van der Waals surface area contributed by atoms with Crippen LogP contribution in [0.5, 0.6) is 0 Å². The molecule has 0 aliphatic rings. The third kappa shape index (κ3) is 17.6. The highest BCUT2D eigenvalue weighted by Crippen LogP contribution is 2.16. The first kappa shape index (κ1) is 22.4. The molecule has 0 spiro atoms. The Balaban J connectivity index is 3.76. The first-order chi connectivity index (χ1) is 10.8. The molecule has 0 radical (unpaired) electrons. The summed E-state index contributed by atoms with van der Waals surface area (Å²) in [5.41, 5.74) is 0. The van der Waals surface area contributed by atoms with E-state index in [-0.39, 0.29) is 6.61 Å². The largest absolute Gasteiger partial charge is 0.487 e. The Morgan fingerprint density at radius 3 is 1.78 bits per heavy atom. The molecular weight excluding hydrogens is 290 g/mol. The van der Waals surface area contributed by atoms with Crippen molar-refractivity contribution in [1.29, 1.82) is 0 Å². The molecule has 0 aliphatic carbocycles. The van der Waals surface area contributed by atoms with Crippen molar-refractivity contribution < 1.29 is 19.4 Å². The van der Waals surface area contributed by atoms with Crippen molar-refractivity contribution in [1.82, 2.24) is 0 Å². The third-order valence-electron chi connectivity index (χ3n) is 3.73. The first-order valence-electron chi connectivity index (χ1n) is 9.37. The molecule has 0 heterocycles. The maximum atomic E-state index is 8.94. The van der Waals surface area contributed by atoms with Crippen molar-refractivity contribution >= 4 is 0 Å². The summed E-state index contributed by atoms with van der Waals surface area (Å²) in [5.74, 6) is 0.866. The van der Waals surface area contributed by atoms with Crippen molar-refractivity contribution in [3.63, 3.8) is 0 Å². The van der Waals surface area contributed by atoms with Gasteiger partial charge < -0.3 is 19.4 Å². The van der Waals surface area contributed by atoms with Crippen LogP contribution < -0.4 is 0 Å². The van der Waals surface area contributed by atoms with E-state index in [4.69, 9.17) is 14.9 Å². The monoisotopic (exact) mass is 330 g/mol. The highest BCUT2D eigenvalue weighted by atomic mass is 16.5. The number of nitrogens with zero attached hydrogens (tertiary/aromatic N) is 1. The van der Waals surface area contributed by atoms with Gasteiger partial charge in [-0.25, -0.2) is 0 Å². The van der Waals surface area contributed by atoms with Crippen LogP contribution in [0, 0.1) is 0 Å². The van der Waals surface area contributed by atoms with Crippen LogP contribution in [0.3, 0.4) is 0 Å². The van der Waals surface area contributed by atoms with Gasteiger partial charge >= 0.3 is 0 Å². The van der Waals surface area contributed by atoms with Gasteiger partial charge in [-0.3, -0.25) is 0 Å². The predicted molar refractivity (Wildman–Crippen MR) is 96.8 cm³/mol. The molecule has 0 fully saturated rings. The lowest BCUT2D eigenvalue weighted by Crippen LogP contribution is -2.28. The fourth-order valence-electron chi connectivity index (χ4n) is 2.57. The van der Waals surface area contributed by atoms with E-state index in [1.54, 1.807) is 0 Å². The summed E-state index contributed by atoms with van der Waals surface area (Å²) in [6, 6.07) is 0. The molecule has 23 heavy (non-hydrogen) atoms. The van der Waals surface area contributed by atoms with Crippen molar-refractivity contribution in [3.05, 3.63) is 12.0 Å². The summed E-state index contributed by atoms with van der Waals surface area (Å²) in [7, 11) is 6.20. The van der Waals surface area contributed by atoms with Crippen molar-refractivity contribution in [2.24, 2.45) is 0 Å². The molecule has 0 aliphatic heterocycles.